The number of nitrogens with one attached hydrogen (secondary N) is 2. The quantitative estimate of drug-likeness (QED) is 0.324. The van der Waals surface area contributed by atoms with Crippen molar-refractivity contribution in [3.63, 3.8) is 0 Å². The van der Waals surface area contributed by atoms with E-state index in [-0.39, 0.29) is 11.7 Å². The Morgan fingerprint density at radius 3 is 2.58 bits per heavy atom. The molecule has 0 radical (unpaired) electrons. The van der Waals surface area contributed by atoms with Crippen LogP contribution in [0.3, 0.4) is 0 Å². The Morgan fingerprint density at radius 1 is 1.42 bits per heavy atom. The lowest BCUT2D eigenvalue weighted by Gasteiger charge is -1.86. The highest BCUT2D eigenvalue weighted by Crippen LogP contribution is 1.87. The highest BCUT2D eigenvalue weighted by Gasteiger charge is 1.83. The van der Waals surface area contributed by atoms with Gasteiger partial charge in [0.2, 0.25) is 0 Å². The molecule has 4 N–H and O–H groups in total. The van der Waals surface area contributed by atoms with Crippen molar-refractivity contribution in [2.45, 2.75) is 6.42 Å². The fraction of sp³-hybridized carbons (Fsp3) is 0.125. The fourth-order valence-corrected chi connectivity index (χ4v) is 0.482. The van der Waals surface area contributed by atoms with Gasteiger partial charge in [-0.2, -0.15) is 0 Å². The Bertz CT molecular complexity index is 237. The molecule has 0 saturated heterocycles. The van der Waals surface area contributed by atoms with E-state index in [0.29, 0.717) is 6.42 Å². The summed E-state index contributed by atoms with van der Waals surface area (Å²) in [4.78, 5) is 3.41. The third kappa shape index (κ3) is 6.41. The van der Waals surface area contributed by atoms with Gasteiger partial charge in [0.05, 0.1) is 0 Å². The first-order valence-corrected chi connectivity index (χ1v) is 3.38. The maximum absolute atomic E-state index is 7.09. The lowest BCUT2D eigenvalue weighted by Crippen LogP contribution is -2.03. The second-order valence-electron chi connectivity index (χ2n) is 2.05. The molecule has 0 amide bonds. The Labute approximate surface area is 71.5 Å². The van der Waals surface area contributed by atoms with E-state index in [1.165, 1.54) is 6.08 Å². The maximum Gasteiger partial charge on any atom is 0.123 e. The lowest BCUT2D eigenvalue weighted by molar-refractivity contribution is 1.32. The normalized spacial score (nSPS) is 10.7. The van der Waals surface area contributed by atoms with Crippen LogP contribution >= 0.6 is 0 Å². The molecule has 0 bridgehead atoms. The second-order valence-corrected chi connectivity index (χ2v) is 2.05. The minimum Gasteiger partial charge on any atom is -0.384 e. The topological polar surface area (TPSA) is 86.1 Å². The average molecular weight is 164 g/mol. The molecule has 0 unspecified atom stereocenters. The number of hydrogen-bond donors (Lipinski definition) is 3. The van der Waals surface area contributed by atoms with E-state index in [2.05, 4.69) is 11.7 Å². The van der Waals surface area contributed by atoms with Gasteiger partial charge in [0, 0.05) is 6.42 Å². The third-order valence-electron chi connectivity index (χ3n) is 1.03. The van der Waals surface area contributed by atoms with E-state index < -0.39 is 0 Å². The standard InChI is InChI=1S/C8H12N4/c1-12-8(11)6-4-2-3-5-7(9)10/h2-5,11H,1,6H2,(H3,9,10)/b4-2+,5-3+,11-8?. The van der Waals surface area contributed by atoms with Gasteiger partial charge in [0.1, 0.15) is 11.7 Å². The minimum atomic E-state index is 0.0107. The van der Waals surface area contributed by atoms with Gasteiger partial charge >= 0.3 is 0 Å². The summed E-state index contributed by atoms with van der Waals surface area (Å²) in [5, 5.41) is 13.9. The molecule has 0 aliphatic heterocycles. The van der Waals surface area contributed by atoms with E-state index in [1.807, 2.05) is 0 Å². The van der Waals surface area contributed by atoms with Crippen LogP contribution in [0.15, 0.2) is 29.3 Å². The molecule has 0 aromatic carbocycles. The molecule has 0 aromatic rings. The molecule has 4 heteroatoms. The predicted octanol–water partition coefficient (Wildman–Crippen LogP) is 1.10. The van der Waals surface area contributed by atoms with Gasteiger partial charge < -0.3 is 5.73 Å². The summed E-state index contributed by atoms with van der Waals surface area (Å²) < 4.78 is 0. The molecule has 0 aromatic heterocycles. The van der Waals surface area contributed by atoms with Gasteiger partial charge in [-0.1, -0.05) is 18.2 Å². The summed E-state index contributed by atoms with van der Waals surface area (Å²) in [6, 6.07) is 0. The third-order valence-corrected chi connectivity index (χ3v) is 1.03. The van der Waals surface area contributed by atoms with Gasteiger partial charge in [-0.15, -0.1) is 0 Å². The van der Waals surface area contributed by atoms with Crippen LogP contribution in [-0.2, 0) is 0 Å². The van der Waals surface area contributed by atoms with Gasteiger partial charge in [-0.3, -0.25) is 10.8 Å². The van der Waals surface area contributed by atoms with E-state index in [9.17, 15) is 0 Å². The number of allylic oxidation sites excluding steroid dienone is 2. The summed E-state index contributed by atoms with van der Waals surface area (Å²) in [6.45, 7) is 3.21. The van der Waals surface area contributed by atoms with Crippen LogP contribution in [0.25, 0.3) is 0 Å². The Morgan fingerprint density at radius 2 is 2.08 bits per heavy atom. The van der Waals surface area contributed by atoms with Gasteiger partial charge in [0.15, 0.2) is 0 Å². The molecule has 64 valence electrons. The molecule has 0 fully saturated rings. The first-order valence-electron chi connectivity index (χ1n) is 3.38. The molecule has 0 heterocycles. The second kappa shape index (κ2) is 6.03. The minimum absolute atomic E-state index is 0.0107. The molecule has 0 rings (SSSR count). The van der Waals surface area contributed by atoms with E-state index in [4.69, 9.17) is 16.6 Å². The average Bonchev–Trinajstić information content (AvgIpc) is 2.03. The predicted molar refractivity (Wildman–Crippen MR) is 52.1 cm³/mol. The van der Waals surface area contributed by atoms with Crippen LogP contribution in [0.4, 0.5) is 0 Å². The first-order chi connectivity index (χ1) is 5.66. The van der Waals surface area contributed by atoms with Crippen molar-refractivity contribution >= 4 is 18.4 Å². The molecular formula is C8H12N4. The van der Waals surface area contributed by atoms with E-state index >= 15 is 0 Å². The zero-order valence-electron chi connectivity index (χ0n) is 6.75. The van der Waals surface area contributed by atoms with Crippen molar-refractivity contribution in [2.75, 3.05) is 0 Å². The molecule has 12 heavy (non-hydrogen) atoms. The van der Waals surface area contributed by atoms with Crippen LogP contribution in [0.5, 0.6) is 0 Å². The smallest absolute Gasteiger partial charge is 0.123 e. The number of amidine groups is 2. The van der Waals surface area contributed by atoms with Crippen LogP contribution < -0.4 is 5.73 Å². The highest BCUT2D eigenvalue weighted by molar-refractivity contribution is 5.88. The zero-order chi connectivity index (χ0) is 9.40. The summed E-state index contributed by atoms with van der Waals surface area (Å²) in [6.07, 6.45) is 7.00. The Balaban J connectivity index is 3.70. The monoisotopic (exact) mass is 164 g/mol. The zero-order valence-corrected chi connectivity index (χ0v) is 6.75. The summed E-state index contributed by atoms with van der Waals surface area (Å²) in [5.41, 5.74) is 5.05. The number of aliphatic imine (C=N–C) groups is 1. The molecule has 0 saturated carbocycles. The largest absolute Gasteiger partial charge is 0.384 e. The van der Waals surface area contributed by atoms with Crippen LogP contribution in [0.1, 0.15) is 6.42 Å². The van der Waals surface area contributed by atoms with Gasteiger partial charge in [-0.25, -0.2) is 4.99 Å². The number of rotatable bonds is 4. The lowest BCUT2D eigenvalue weighted by atomic mass is 10.3. The Hall–Kier alpha value is -1.71. The van der Waals surface area contributed by atoms with Crippen LogP contribution in [-0.4, -0.2) is 18.4 Å². The van der Waals surface area contributed by atoms with Crippen molar-refractivity contribution in [1.82, 2.24) is 0 Å². The van der Waals surface area contributed by atoms with Gasteiger partial charge in [0.25, 0.3) is 0 Å². The number of nitrogens with two attached hydrogens (primary N) is 1. The molecule has 4 nitrogen and oxygen atoms in total. The molecular weight excluding hydrogens is 152 g/mol. The first kappa shape index (κ1) is 10.3. The molecule has 0 aliphatic rings. The van der Waals surface area contributed by atoms with Crippen molar-refractivity contribution < 1.29 is 0 Å². The number of hydrogen-bond acceptors (Lipinski definition) is 2. The van der Waals surface area contributed by atoms with E-state index in [1.54, 1.807) is 18.2 Å². The number of nitrogens with zero attached hydrogens (tertiary/aromatic N) is 1. The summed E-state index contributed by atoms with van der Waals surface area (Å²) >= 11 is 0. The maximum atomic E-state index is 7.09. The fourth-order valence-electron chi connectivity index (χ4n) is 0.482. The molecule has 0 atom stereocenters. The van der Waals surface area contributed by atoms with Crippen molar-refractivity contribution in [1.29, 1.82) is 10.8 Å². The van der Waals surface area contributed by atoms with Crippen molar-refractivity contribution in [3.8, 4) is 0 Å². The summed E-state index contributed by atoms with van der Waals surface area (Å²) in [5.74, 6) is 0.235. The van der Waals surface area contributed by atoms with E-state index in [0.717, 1.165) is 0 Å². The Kier molecular flexibility index (Phi) is 5.17. The van der Waals surface area contributed by atoms with Crippen LogP contribution in [0, 0.1) is 10.8 Å². The van der Waals surface area contributed by atoms with Crippen LogP contribution in [0.2, 0.25) is 0 Å². The summed E-state index contributed by atoms with van der Waals surface area (Å²) in [7, 11) is 0. The molecule has 0 aliphatic carbocycles. The van der Waals surface area contributed by atoms with Gasteiger partial charge in [-0.05, 0) is 12.8 Å². The highest BCUT2D eigenvalue weighted by atomic mass is 14.8. The molecule has 0 spiro atoms. The van der Waals surface area contributed by atoms with Crippen molar-refractivity contribution in [2.24, 2.45) is 10.7 Å². The van der Waals surface area contributed by atoms with Crippen molar-refractivity contribution in [3.05, 3.63) is 24.3 Å². The SMILES string of the molecule is C=NC(=N)C/C=C/C=C/C(=N)N.